The van der Waals surface area contributed by atoms with E-state index in [4.69, 9.17) is 16.6 Å². The summed E-state index contributed by atoms with van der Waals surface area (Å²) >= 11 is 7.43. The van der Waals surface area contributed by atoms with E-state index in [0.29, 0.717) is 6.42 Å². The first-order valence-corrected chi connectivity index (χ1v) is 14.9. The minimum atomic E-state index is -3.88. The van der Waals surface area contributed by atoms with E-state index in [0.717, 1.165) is 52.5 Å². The van der Waals surface area contributed by atoms with Crippen LogP contribution in [0.3, 0.4) is 0 Å². The van der Waals surface area contributed by atoms with Crippen LogP contribution in [0.5, 0.6) is 0 Å². The summed E-state index contributed by atoms with van der Waals surface area (Å²) in [6, 6.07) is 23.8. The fraction of sp³-hybridized carbons (Fsp3) is 0.222. The molecule has 0 radical (unpaired) electrons. The number of halogens is 1. The molecule has 8 nitrogen and oxygen atoms in total. The lowest BCUT2D eigenvalue weighted by Crippen LogP contribution is -2.25. The lowest BCUT2D eigenvalue weighted by Gasteiger charge is -2.11. The van der Waals surface area contributed by atoms with Crippen LogP contribution in [0.15, 0.2) is 88.9 Å². The lowest BCUT2D eigenvalue weighted by atomic mass is 10.0. The van der Waals surface area contributed by atoms with Gasteiger partial charge < -0.3 is 4.57 Å². The van der Waals surface area contributed by atoms with Gasteiger partial charge in [-0.1, -0.05) is 84.0 Å². The molecule has 0 saturated heterocycles. The summed E-state index contributed by atoms with van der Waals surface area (Å²) in [6.07, 6.45) is 1.36. The highest BCUT2D eigenvalue weighted by molar-refractivity contribution is 7.99. The summed E-state index contributed by atoms with van der Waals surface area (Å²) in [5.74, 6) is 0.758. The molecule has 3 aromatic carbocycles. The smallest absolute Gasteiger partial charge is 0.289 e. The first-order valence-electron chi connectivity index (χ1n) is 12.1. The van der Waals surface area contributed by atoms with E-state index in [-0.39, 0.29) is 16.5 Å². The fourth-order valence-corrected chi connectivity index (χ4v) is 6.35. The number of thioether (sulfide) groups is 1. The lowest BCUT2D eigenvalue weighted by molar-refractivity contribution is -0.384. The van der Waals surface area contributed by atoms with Gasteiger partial charge in [-0.3, -0.25) is 10.1 Å². The van der Waals surface area contributed by atoms with Gasteiger partial charge in [0, 0.05) is 36.0 Å². The van der Waals surface area contributed by atoms with Crippen LogP contribution in [0.4, 0.5) is 5.69 Å². The number of rotatable bonds is 12. The highest BCUT2D eigenvalue weighted by Gasteiger charge is 2.21. The van der Waals surface area contributed by atoms with Gasteiger partial charge in [-0.05, 0) is 31.9 Å². The van der Waals surface area contributed by atoms with E-state index >= 15 is 0 Å². The average molecular weight is 571 g/mol. The molecule has 0 aliphatic rings. The van der Waals surface area contributed by atoms with Crippen molar-refractivity contribution in [2.45, 2.75) is 36.4 Å². The Labute approximate surface area is 231 Å². The predicted molar refractivity (Wildman–Crippen MR) is 152 cm³/mol. The number of hydrogen-bond acceptors (Lipinski definition) is 6. The van der Waals surface area contributed by atoms with Crippen molar-refractivity contribution in [2.75, 3.05) is 12.3 Å². The maximum absolute atomic E-state index is 12.6. The highest BCUT2D eigenvalue weighted by Crippen LogP contribution is 2.36. The van der Waals surface area contributed by atoms with Gasteiger partial charge in [0.05, 0.1) is 21.2 Å². The summed E-state index contributed by atoms with van der Waals surface area (Å²) in [7, 11) is -3.88. The van der Waals surface area contributed by atoms with Crippen molar-refractivity contribution in [2.24, 2.45) is 0 Å². The van der Waals surface area contributed by atoms with Gasteiger partial charge in [0.2, 0.25) is 10.0 Å². The average Bonchev–Trinajstić information content (AvgIpc) is 3.30. The summed E-state index contributed by atoms with van der Waals surface area (Å²) < 4.78 is 29.9. The molecule has 0 spiro atoms. The SMILES string of the molecule is CCn1c(SCCCCNS(=O)(=O)c2ccc(Cl)c([N+](=O)[O-])c2)nc(-c2ccccc2)c1-c1ccccc1. The van der Waals surface area contributed by atoms with Crippen LogP contribution < -0.4 is 4.72 Å². The second-order valence-corrected chi connectivity index (χ2v) is 11.6. The minimum Gasteiger partial charge on any atom is -0.319 e. The number of nitro benzene ring substituents is 1. The van der Waals surface area contributed by atoms with Gasteiger partial charge in [-0.15, -0.1) is 0 Å². The standard InChI is InChI=1S/C27H27ClN4O4S2/c1-2-31-26(21-13-7-4-8-14-21)25(20-11-5-3-6-12-20)30-27(31)37-18-10-9-17-29-38(35,36)22-15-16-23(28)24(19-22)32(33)34/h3-8,11-16,19,29H,2,9-10,17-18H2,1H3. The molecule has 198 valence electrons. The molecule has 0 aliphatic carbocycles. The molecule has 11 heteroatoms. The van der Waals surface area contributed by atoms with Gasteiger partial charge in [-0.25, -0.2) is 18.1 Å². The fourth-order valence-electron chi connectivity index (χ4n) is 4.00. The van der Waals surface area contributed by atoms with Crippen molar-refractivity contribution in [1.82, 2.24) is 14.3 Å². The summed E-state index contributed by atoms with van der Waals surface area (Å²) in [6.45, 7) is 3.08. The first kappa shape index (κ1) is 27.8. The number of sulfonamides is 1. The third-order valence-electron chi connectivity index (χ3n) is 5.86. The second-order valence-electron chi connectivity index (χ2n) is 8.39. The van der Waals surface area contributed by atoms with Gasteiger partial charge in [-0.2, -0.15) is 0 Å². The molecular weight excluding hydrogens is 544 g/mol. The molecule has 0 atom stereocenters. The van der Waals surface area contributed by atoms with Crippen molar-refractivity contribution in [3.05, 3.63) is 94.0 Å². The quantitative estimate of drug-likeness (QED) is 0.0884. The van der Waals surface area contributed by atoms with E-state index in [9.17, 15) is 18.5 Å². The zero-order valence-electron chi connectivity index (χ0n) is 20.7. The van der Waals surface area contributed by atoms with Crippen LogP contribution in [0.1, 0.15) is 19.8 Å². The van der Waals surface area contributed by atoms with Gasteiger partial charge in [0.1, 0.15) is 5.02 Å². The number of nitrogens with one attached hydrogen (secondary N) is 1. The molecule has 1 heterocycles. The van der Waals surface area contributed by atoms with E-state index < -0.39 is 20.6 Å². The maximum Gasteiger partial charge on any atom is 0.289 e. The molecule has 0 amide bonds. The Morgan fingerprint density at radius 1 is 1.00 bits per heavy atom. The van der Waals surface area contributed by atoms with Crippen LogP contribution >= 0.6 is 23.4 Å². The number of imidazole rings is 1. The molecule has 38 heavy (non-hydrogen) atoms. The van der Waals surface area contributed by atoms with E-state index in [1.165, 1.54) is 12.1 Å². The molecule has 4 aromatic rings. The summed E-state index contributed by atoms with van der Waals surface area (Å²) in [5.41, 5.74) is 3.72. The van der Waals surface area contributed by atoms with Crippen molar-refractivity contribution in [3.8, 4) is 22.5 Å². The molecule has 0 unspecified atom stereocenters. The third-order valence-corrected chi connectivity index (χ3v) is 8.70. The van der Waals surface area contributed by atoms with E-state index in [2.05, 4.69) is 40.5 Å². The molecular formula is C27H27ClN4O4S2. The molecule has 1 aromatic heterocycles. The molecule has 0 aliphatic heterocycles. The van der Waals surface area contributed by atoms with E-state index in [1.54, 1.807) is 11.8 Å². The second kappa shape index (κ2) is 12.6. The monoisotopic (exact) mass is 570 g/mol. The zero-order valence-corrected chi connectivity index (χ0v) is 23.1. The predicted octanol–water partition coefficient (Wildman–Crippen LogP) is 6.65. The number of hydrogen-bond donors (Lipinski definition) is 1. The Balaban J connectivity index is 1.41. The Morgan fingerprint density at radius 3 is 2.29 bits per heavy atom. The Morgan fingerprint density at radius 2 is 1.66 bits per heavy atom. The number of nitrogens with zero attached hydrogens (tertiary/aromatic N) is 3. The van der Waals surface area contributed by atoms with Crippen LogP contribution in [0, 0.1) is 10.1 Å². The topological polar surface area (TPSA) is 107 Å². The molecule has 0 bridgehead atoms. The third kappa shape index (κ3) is 6.44. The van der Waals surface area contributed by atoms with Crippen molar-refractivity contribution in [1.29, 1.82) is 0 Å². The number of unbranched alkanes of at least 4 members (excludes halogenated alkanes) is 1. The molecule has 0 saturated carbocycles. The maximum atomic E-state index is 12.6. The minimum absolute atomic E-state index is 0.109. The number of nitro groups is 1. The van der Waals surface area contributed by atoms with E-state index in [1.807, 2.05) is 36.4 Å². The zero-order chi connectivity index (χ0) is 27.1. The normalized spacial score (nSPS) is 11.5. The number of aromatic nitrogens is 2. The molecule has 1 N–H and O–H groups in total. The molecule has 0 fully saturated rings. The molecule has 4 rings (SSSR count). The Kier molecular flexibility index (Phi) is 9.22. The Bertz CT molecular complexity index is 1510. The van der Waals surface area contributed by atoms with Crippen LogP contribution in [0.2, 0.25) is 5.02 Å². The van der Waals surface area contributed by atoms with Crippen molar-refractivity contribution in [3.63, 3.8) is 0 Å². The van der Waals surface area contributed by atoms with Crippen LogP contribution in [0.25, 0.3) is 22.5 Å². The summed E-state index contributed by atoms with van der Waals surface area (Å²) in [5, 5.41) is 11.9. The van der Waals surface area contributed by atoms with Crippen molar-refractivity contribution < 1.29 is 13.3 Å². The first-order chi connectivity index (χ1) is 18.3. The van der Waals surface area contributed by atoms with Gasteiger partial charge in [0.25, 0.3) is 5.69 Å². The van der Waals surface area contributed by atoms with Gasteiger partial charge in [0.15, 0.2) is 5.16 Å². The van der Waals surface area contributed by atoms with Crippen molar-refractivity contribution >= 4 is 39.1 Å². The highest BCUT2D eigenvalue weighted by atomic mass is 35.5. The van der Waals surface area contributed by atoms with Crippen LogP contribution in [-0.4, -0.2) is 35.2 Å². The summed E-state index contributed by atoms with van der Waals surface area (Å²) in [4.78, 5) is 15.2. The van der Waals surface area contributed by atoms with Gasteiger partial charge >= 0.3 is 0 Å². The largest absolute Gasteiger partial charge is 0.319 e. The Hall–Kier alpha value is -3.18. The van der Waals surface area contributed by atoms with Crippen LogP contribution in [-0.2, 0) is 16.6 Å². The number of benzene rings is 3.